The number of amides is 1. The third-order valence-electron chi connectivity index (χ3n) is 4.73. The zero-order valence-electron chi connectivity index (χ0n) is 14.4. The molecular weight excluding hydrogens is 302 g/mol. The van der Waals surface area contributed by atoms with Gasteiger partial charge in [0.2, 0.25) is 5.91 Å². The van der Waals surface area contributed by atoms with Crippen LogP contribution in [0.1, 0.15) is 25.6 Å². The summed E-state index contributed by atoms with van der Waals surface area (Å²) in [6, 6.07) is 10.2. The van der Waals surface area contributed by atoms with Gasteiger partial charge in [-0.15, -0.1) is 0 Å². The summed E-state index contributed by atoms with van der Waals surface area (Å²) in [5.74, 6) is 1.08. The summed E-state index contributed by atoms with van der Waals surface area (Å²) in [6.45, 7) is 2.63. The van der Waals surface area contributed by atoms with E-state index in [0.717, 1.165) is 29.7 Å². The van der Waals surface area contributed by atoms with E-state index in [0.29, 0.717) is 6.54 Å². The molecule has 1 heterocycles. The van der Waals surface area contributed by atoms with Crippen molar-refractivity contribution in [3.8, 4) is 6.07 Å². The minimum Gasteiger partial charge on any atom is -0.337 e. The number of hydrogen-bond donors (Lipinski definition) is 1. The summed E-state index contributed by atoms with van der Waals surface area (Å²) in [5, 5.41) is 12.2. The molecule has 3 rings (SSSR count). The van der Waals surface area contributed by atoms with Crippen LogP contribution in [-0.4, -0.2) is 39.5 Å². The smallest absolute Gasteiger partial charge is 0.235 e. The van der Waals surface area contributed by atoms with Crippen LogP contribution < -0.4 is 5.32 Å². The minimum atomic E-state index is -0.740. The lowest BCUT2D eigenvalue weighted by atomic mass is 9.98. The van der Waals surface area contributed by atoms with Crippen molar-refractivity contribution in [2.75, 3.05) is 13.6 Å². The molecule has 2 aromatic rings. The number of nitrogens with zero attached hydrogens (tertiary/aromatic N) is 4. The molecule has 126 valence electrons. The Morgan fingerprint density at radius 2 is 2.21 bits per heavy atom. The molecule has 1 aliphatic rings. The van der Waals surface area contributed by atoms with Crippen molar-refractivity contribution in [1.29, 1.82) is 5.26 Å². The topological polar surface area (TPSA) is 74.0 Å². The fourth-order valence-corrected chi connectivity index (χ4v) is 3.09. The second-order valence-corrected chi connectivity index (χ2v) is 6.88. The number of carbonyl (C=O) groups is 1. The van der Waals surface area contributed by atoms with Gasteiger partial charge in [0.15, 0.2) is 0 Å². The molecule has 0 aliphatic heterocycles. The van der Waals surface area contributed by atoms with Crippen molar-refractivity contribution in [3.05, 3.63) is 30.1 Å². The van der Waals surface area contributed by atoms with Gasteiger partial charge in [0.05, 0.1) is 30.2 Å². The van der Waals surface area contributed by atoms with Crippen molar-refractivity contribution >= 4 is 16.9 Å². The number of nitriles is 1. The number of hydrogen-bond acceptors (Lipinski definition) is 4. The molecule has 1 N–H and O–H groups in total. The van der Waals surface area contributed by atoms with E-state index in [2.05, 4.69) is 16.4 Å². The summed E-state index contributed by atoms with van der Waals surface area (Å²) >= 11 is 0. The van der Waals surface area contributed by atoms with E-state index >= 15 is 0 Å². The van der Waals surface area contributed by atoms with Crippen LogP contribution in [-0.2, 0) is 18.4 Å². The number of rotatable bonds is 6. The van der Waals surface area contributed by atoms with E-state index in [1.807, 2.05) is 54.8 Å². The van der Waals surface area contributed by atoms with Gasteiger partial charge < -0.3 is 9.88 Å². The maximum absolute atomic E-state index is 12.3. The highest BCUT2D eigenvalue weighted by Gasteiger charge is 2.43. The van der Waals surface area contributed by atoms with Crippen LogP contribution >= 0.6 is 0 Å². The molecule has 24 heavy (non-hydrogen) atoms. The third-order valence-corrected chi connectivity index (χ3v) is 4.73. The molecule has 0 radical (unpaired) electrons. The van der Waals surface area contributed by atoms with Crippen LogP contribution in [0.15, 0.2) is 24.3 Å². The fraction of sp³-hybridized carbons (Fsp3) is 0.500. The first-order valence-electron chi connectivity index (χ1n) is 8.24. The van der Waals surface area contributed by atoms with Crippen molar-refractivity contribution in [2.24, 2.45) is 13.0 Å². The number of para-hydroxylation sites is 2. The molecule has 0 spiro atoms. The van der Waals surface area contributed by atoms with Crippen LogP contribution in [0.4, 0.5) is 0 Å². The second-order valence-electron chi connectivity index (χ2n) is 6.88. The normalized spacial score (nSPS) is 16.8. The van der Waals surface area contributed by atoms with Gasteiger partial charge >= 0.3 is 0 Å². The van der Waals surface area contributed by atoms with E-state index in [4.69, 9.17) is 0 Å². The number of nitrogens with one attached hydrogen (secondary N) is 1. The summed E-state index contributed by atoms with van der Waals surface area (Å²) < 4.78 is 2.05. The Bertz CT molecular complexity index is 801. The van der Waals surface area contributed by atoms with Gasteiger partial charge in [-0.05, 0) is 44.9 Å². The first kappa shape index (κ1) is 16.5. The molecule has 1 fully saturated rings. The average molecular weight is 325 g/mol. The Balaban J connectivity index is 1.62. The number of benzene rings is 1. The quantitative estimate of drug-likeness (QED) is 0.879. The van der Waals surface area contributed by atoms with Crippen molar-refractivity contribution in [3.63, 3.8) is 0 Å². The lowest BCUT2D eigenvalue weighted by Gasteiger charge is -2.24. The molecule has 6 heteroatoms. The summed E-state index contributed by atoms with van der Waals surface area (Å²) in [4.78, 5) is 18.8. The van der Waals surface area contributed by atoms with Gasteiger partial charge in [0.1, 0.15) is 11.4 Å². The molecule has 1 aromatic heterocycles. The molecule has 1 saturated carbocycles. The van der Waals surface area contributed by atoms with Gasteiger partial charge in [-0.3, -0.25) is 9.69 Å². The van der Waals surface area contributed by atoms with Gasteiger partial charge in [-0.2, -0.15) is 5.26 Å². The third kappa shape index (κ3) is 3.26. The number of imidazole rings is 1. The Labute approximate surface area is 142 Å². The lowest BCUT2D eigenvalue weighted by Crippen LogP contribution is -2.49. The first-order chi connectivity index (χ1) is 11.4. The summed E-state index contributed by atoms with van der Waals surface area (Å²) in [6.07, 6.45) is 2.03. The summed E-state index contributed by atoms with van der Waals surface area (Å²) in [7, 11) is 3.87. The van der Waals surface area contributed by atoms with E-state index in [1.165, 1.54) is 0 Å². The predicted molar refractivity (Wildman–Crippen MR) is 91.9 cm³/mol. The van der Waals surface area contributed by atoms with Crippen LogP contribution in [0, 0.1) is 17.2 Å². The number of aromatic nitrogens is 2. The highest BCUT2D eigenvalue weighted by molar-refractivity contribution is 5.79. The molecule has 0 unspecified atom stereocenters. The van der Waals surface area contributed by atoms with Crippen molar-refractivity contribution < 1.29 is 4.79 Å². The molecular formula is C18H23N5O. The van der Waals surface area contributed by atoms with E-state index in [9.17, 15) is 10.1 Å². The highest BCUT2D eigenvalue weighted by Crippen LogP contribution is 2.39. The Hall–Kier alpha value is -2.39. The Morgan fingerprint density at radius 3 is 2.83 bits per heavy atom. The molecule has 1 aliphatic carbocycles. The number of aryl methyl sites for hydroxylation is 1. The van der Waals surface area contributed by atoms with Crippen LogP contribution in [0.5, 0.6) is 0 Å². The fourth-order valence-electron chi connectivity index (χ4n) is 3.09. The molecule has 0 saturated heterocycles. The zero-order valence-corrected chi connectivity index (χ0v) is 14.4. The molecule has 1 amide bonds. The molecule has 6 nitrogen and oxygen atoms in total. The minimum absolute atomic E-state index is 0.118. The molecule has 1 aromatic carbocycles. The maximum atomic E-state index is 12.3. The van der Waals surface area contributed by atoms with Crippen LogP contribution in [0.25, 0.3) is 11.0 Å². The van der Waals surface area contributed by atoms with E-state index in [1.54, 1.807) is 0 Å². The summed E-state index contributed by atoms with van der Waals surface area (Å²) in [5.41, 5.74) is 1.30. The van der Waals surface area contributed by atoms with Gasteiger partial charge in [0, 0.05) is 7.05 Å². The second kappa shape index (κ2) is 6.25. The lowest BCUT2D eigenvalue weighted by molar-refractivity contribution is -0.123. The average Bonchev–Trinajstić information content (AvgIpc) is 3.35. The maximum Gasteiger partial charge on any atom is 0.235 e. The van der Waals surface area contributed by atoms with E-state index < -0.39 is 5.54 Å². The first-order valence-corrected chi connectivity index (χ1v) is 8.24. The van der Waals surface area contributed by atoms with Gasteiger partial charge in [-0.25, -0.2) is 4.98 Å². The van der Waals surface area contributed by atoms with E-state index in [-0.39, 0.29) is 18.4 Å². The Morgan fingerprint density at radius 1 is 1.50 bits per heavy atom. The number of likely N-dealkylation sites (N-methyl/N-ethyl adjacent to an activating group) is 1. The van der Waals surface area contributed by atoms with Crippen molar-refractivity contribution in [1.82, 2.24) is 19.8 Å². The van der Waals surface area contributed by atoms with Gasteiger partial charge in [-0.1, -0.05) is 12.1 Å². The monoisotopic (exact) mass is 325 g/mol. The zero-order chi connectivity index (χ0) is 17.3. The molecule has 0 bridgehead atoms. The standard InChI is InChI=1S/C18H23N5O/c1-18(12-19,13-8-9-13)21-17(24)11-22(2)10-16-20-14-6-4-5-7-15(14)23(16)3/h4-7,13H,8-11H2,1-3H3,(H,21,24)/t18-/m0/s1. The Kier molecular flexibility index (Phi) is 4.29. The highest BCUT2D eigenvalue weighted by atomic mass is 16.2. The number of fused-ring (bicyclic) bond motifs is 1. The largest absolute Gasteiger partial charge is 0.337 e. The number of carbonyl (C=O) groups excluding carboxylic acids is 1. The van der Waals surface area contributed by atoms with Crippen LogP contribution in [0.3, 0.4) is 0 Å². The van der Waals surface area contributed by atoms with Crippen molar-refractivity contribution in [2.45, 2.75) is 31.8 Å². The SMILES string of the molecule is CN(CC(=O)N[C@@](C)(C#N)C1CC1)Cc1nc2ccccc2n1C. The molecule has 1 atom stereocenters. The van der Waals surface area contributed by atoms with Gasteiger partial charge in [0.25, 0.3) is 0 Å². The van der Waals surface area contributed by atoms with Crippen LogP contribution in [0.2, 0.25) is 0 Å². The predicted octanol–water partition coefficient (Wildman–Crippen LogP) is 1.81.